The minimum absolute atomic E-state index is 0. The Balaban J connectivity index is 0.00000392. The van der Waals surface area contributed by atoms with Crippen molar-refractivity contribution in [2.75, 3.05) is 21.3 Å². The number of pyridine rings is 1. The van der Waals surface area contributed by atoms with Crippen molar-refractivity contribution >= 4 is 29.9 Å². The van der Waals surface area contributed by atoms with Gasteiger partial charge in [-0.05, 0) is 31.0 Å². The lowest BCUT2D eigenvalue weighted by Crippen LogP contribution is -2.41. The second-order valence-corrected chi connectivity index (χ2v) is 5.98. The molecule has 1 aromatic heterocycles. The van der Waals surface area contributed by atoms with Crippen molar-refractivity contribution in [2.24, 2.45) is 4.99 Å². The van der Waals surface area contributed by atoms with E-state index >= 15 is 0 Å². The molecule has 1 heterocycles. The summed E-state index contributed by atoms with van der Waals surface area (Å²) in [5.41, 5.74) is 1.02. The van der Waals surface area contributed by atoms with Gasteiger partial charge in [-0.1, -0.05) is 19.1 Å². The van der Waals surface area contributed by atoms with Crippen molar-refractivity contribution in [1.29, 1.82) is 0 Å². The molecule has 0 aliphatic heterocycles. The molecule has 2 N–H and O–H groups in total. The van der Waals surface area contributed by atoms with Crippen LogP contribution in [-0.4, -0.2) is 38.3 Å². The molecule has 2 aromatic rings. The summed E-state index contributed by atoms with van der Waals surface area (Å²) < 4.78 is 16.6. The number of rotatable bonds is 8. The van der Waals surface area contributed by atoms with E-state index in [1.807, 2.05) is 30.3 Å². The van der Waals surface area contributed by atoms with Crippen LogP contribution in [0.5, 0.6) is 23.1 Å². The Kier molecular flexibility index (Phi) is 10.4. The smallest absolute Gasteiger partial charge is 0.219 e. The van der Waals surface area contributed by atoms with Gasteiger partial charge in [-0.3, -0.25) is 4.99 Å². The van der Waals surface area contributed by atoms with E-state index < -0.39 is 0 Å². The fourth-order valence-electron chi connectivity index (χ4n) is 2.31. The van der Waals surface area contributed by atoms with Gasteiger partial charge in [0.05, 0.1) is 14.2 Å². The highest BCUT2D eigenvalue weighted by Crippen LogP contribution is 2.39. The van der Waals surface area contributed by atoms with Crippen LogP contribution in [0, 0.1) is 0 Å². The zero-order valence-electron chi connectivity index (χ0n) is 17.0. The highest BCUT2D eigenvalue weighted by atomic mass is 127. The molecule has 0 bridgehead atoms. The summed E-state index contributed by atoms with van der Waals surface area (Å²) in [4.78, 5) is 8.60. The number of hydrogen-bond donors (Lipinski definition) is 2. The number of hydrogen-bond acceptors (Lipinski definition) is 5. The molecule has 0 aliphatic carbocycles. The monoisotopic (exact) mass is 500 g/mol. The third-order valence-corrected chi connectivity index (χ3v) is 4.07. The average Bonchev–Trinajstić information content (AvgIpc) is 2.71. The lowest BCUT2D eigenvalue weighted by atomic mass is 10.2. The summed E-state index contributed by atoms with van der Waals surface area (Å²) in [6, 6.07) is 9.59. The number of benzene rings is 1. The minimum Gasteiger partial charge on any atom is -0.493 e. The fourth-order valence-corrected chi connectivity index (χ4v) is 2.31. The van der Waals surface area contributed by atoms with Crippen LogP contribution in [-0.2, 0) is 6.54 Å². The predicted octanol–water partition coefficient (Wildman–Crippen LogP) is 3.97. The first kappa shape index (κ1) is 23.8. The van der Waals surface area contributed by atoms with Gasteiger partial charge in [0.15, 0.2) is 17.5 Å². The molecule has 0 spiro atoms. The molecular weight excluding hydrogens is 471 g/mol. The van der Waals surface area contributed by atoms with Crippen LogP contribution in [0.2, 0.25) is 0 Å². The minimum atomic E-state index is 0. The third-order valence-electron chi connectivity index (χ3n) is 4.07. The lowest BCUT2D eigenvalue weighted by Gasteiger charge is -2.16. The Hall–Kier alpha value is -2.23. The molecule has 0 amide bonds. The van der Waals surface area contributed by atoms with Crippen LogP contribution in [0.1, 0.15) is 25.8 Å². The van der Waals surface area contributed by atoms with Gasteiger partial charge in [-0.15, -0.1) is 24.0 Å². The predicted molar refractivity (Wildman–Crippen MR) is 122 cm³/mol. The molecule has 1 unspecified atom stereocenters. The number of halogens is 1. The molecular formula is C20H29IN4O3. The SMILES string of the molecule is CCC(C)NC(=NC)NCc1ccc(Oc2c(OC)cccc2OC)nc1.I. The molecule has 1 atom stereocenters. The van der Waals surface area contributed by atoms with Crippen LogP contribution in [0.3, 0.4) is 0 Å². The molecule has 0 radical (unpaired) electrons. The molecule has 0 saturated carbocycles. The van der Waals surface area contributed by atoms with Crippen LogP contribution >= 0.6 is 24.0 Å². The highest BCUT2D eigenvalue weighted by Gasteiger charge is 2.13. The first-order chi connectivity index (χ1) is 13.1. The molecule has 0 aliphatic rings. The average molecular weight is 500 g/mol. The van der Waals surface area contributed by atoms with E-state index in [1.54, 1.807) is 27.5 Å². The van der Waals surface area contributed by atoms with Gasteiger partial charge < -0.3 is 24.8 Å². The van der Waals surface area contributed by atoms with Crippen molar-refractivity contribution in [3.8, 4) is 23.1 Å². The first-order valence-corrected chi connectivity index (χ1v) is 8.92. The molecule has 0 fully saturated rings. The van der Waals surface area contributed by atoms with Gasteiger partial charge in [0.25, 0.3) is 0 Å². The molecule has 7 nitrogen and oxygen atoms in total. The number of aliphatic imine (C=N–C) groups is 1. The van der Waals surface area contributed by atoms with Gasteiger partial charge >= 0.3 is 0 Å². The van der Waals surface area contributed by atoms with E-state index in [9.17, 15) is 0 Å². The number of guanidine groups is 1. The molecule has 2 rings (SSSR count). The Labute approximate surface area is 183 Å². The highest BCUT2D eigenvalue weighted by molar-refractivity contribution is 14.0. The summed E-state index contributed by atoms with van der Waals surface area (Å²) in [6.07, 6.45) is 2.79. The van der Waals surface area contributed by atoms with Crippen LogP contribution in [0.25, 0.3) is 0 Å². The zero-order chi connectivity index (χ0) is 19.6. The van der Waals surface area contributed by atoms with Crippen LogP contribution < -0.4 is 24.8 Å². The largest absolute Gasteiger partial charge is 0.493 e. The van der Waals surface area contributed by atoms with Gasteiger partial charge in [0, 0.05) is 31.9 Å². The van der Waals surface area contributed by atoms with Crippen molar-refractivity contribution in [3.63, 3.8) is 0 Å². The summed E-state index contributed by atoms with van der Waals surface area (Å²) >= 11 is 0. The van der Waals surface area contributed by atoms with Gasteiger partial charge in [0.1, 0.15) is 0 Å². The second kappa shape index (κ2) is 12.3. The topological polar surface area (TPSA) is 77.0 Å². The molecule has 28 heavy (non-hydrogen) atoms. The van der Waals surface area contributed by atoms with Crippen molar-refractivity contribution in [1.82, 2.24) is 15.6 Å². The Bertz CT molecular complexity index is 731. The van der Waals surface area contributed by atoms with Crippen molar-refractivity contribution in [2.45, 2.75) is 32.9 Å². The van der Waals surface area contributed by atoms with E-state index in [-0.39, 0.29) is 24.0 Å². The number of nitrogens with one attached hydrogen (secondary N) is 2. The molecule has 0 saturated heterocycles. The standard InChI is InChI=1S/C20H28N4O3.HI/c1-6-14(2)24-20(21-3)23-13-15-10-11-18(22-12-15)27-19-16(25-4)8-7-9-17(19)26-5;/h7-12,14H,6,13H2,1-5H3,(H2,21,23,24);1H. The van der Waals surface area contributed by atoms with E-state index in [2.05, 4.69) is 34.5 Å². The molecule has 1 aromatic carbocycles. The van der Waals surface area contributed by atoms with Crippen molar-refractivity contribution in [3.05, 3.63) is 42.1 Å². The van der Waals surface area contributed by atoms with E-state index in [0.717, 1.165) is 17.9 Å². The first-order valence-electron chi connectivity index (χ1n) is 8.92. The Morgan fingerprint density at radius 2 is 1.82 bits per heavy atom. The maximum atomic E-state index is 5.87. The number of aromatic nitrogens is 1. The number of para-hydroxylation sites is 1. The normalized spacial score (nSPS) is 11.8. The number of nitrogens with zero attached hydrogens (tertiary/aromatic N) is 2. The zero-order valence-corrected chi connectivity index (χ0v) is 19.3. The Morgan fingerprint density at radius 3 is 2.32 bits per heavy atom. The van der Waals surface area contributed by atoms with E-state index in [0.29, 0.717) is 35.7 Å². The van der Waals surface area contributed by atoms with Crippen molar-refractivity contribution < 1.29 is 14.2 Å². The van der Waals surface area contributed by atoms with Gasteiger partial charge in [-0.25, -0.2) is 4.98 Å². The summed E-state index contributed by atoms with van der Waals surface area (Å²) in [6.45, 7) is 4.86. The maximum absolute atomic E-state index is 5.87. The summed E-state index contributed by atoms with van der Waals surface area (Å²) in [5, 5.41) is 6.60. The lowest BCUT2D eigenvalue weighted by molar-refractivity contribution is 0.342. The summed E-state index contributed by atoms with van der Waals surface area (Å²) in [7, 11) is 4.93. The third kappa shape index (κ3) is 6.74. The second-order valence-electron chi connectivity index (χ2n) is 5.98. The van der Waals surface area contributed by atoms with E-state index in [4.69, 9.17) is 14.2 Å². The van der Waals surface area contributed by atoms with Crippen LogP contribution in [0.15, 0.2) is 41.5 Å². The Morgan fingerprint density at radius 1 is 1.14 bits per heavy atom. The van der Waals surface area contributed by atoms with Gasteiger partial charge in [0.2, 0.25) is 11.6 Å². The molecule has 154 valence electrons. The van der Waals surface area contributed by atoms with Gasteiger partial charge in [-0.2, -0.15) is 0 Å². The number of methoxy groups -OCH3 is 2. The summed E-state index contributed by atoms with van der Waals surface area (Å²) in [5.74, 6) is 2.90. The molecule has 8 heteroatoms. The van der Waals surface area contributed by atoms with E-state index in [1.165, 1.54) is 0 Å². The quantitative estimate of drug-likeness (QED) is 0.325. The number of ether oxygens (including phenoxy) is 3. The maximum Gasteiger partial charge on any atom is 0.219 e. The van der Waals surface area contributed by atoms with Crippen LogP contribution in [0.4, 0.5) is 0 Å². The fraction of sp³-hybridized carbons (Fsp3) is 0.400.